The summed E-state index contributed by atoms with van der Waals surface area (Å²) in [6.07, 6.45) is 4.46. The minimum Gasteiger partial charge on any atom is -0.481 e. The molecule has 0 unspecified atom stereocenters. The number of anilines is 1. The van der Waals surface area contributed by atoms with E-state index in [9.17, 15) is 19.5 Å². The third-order valence-corrected chi connectivity index (χ3v) is 4.42. The third-order valence-electron chi connectivity index (χ3n) is 4.42. The zero-order chi connectivity index (χ0) is 15.9. The number of aliphatic carboxylic acids is 1. The second-order valence-electron chi connectivity index (χ2n) is 5.71. The van der Waals surface area contributed by atoms with Crippen molar-refractivity contribution < 1.29 is 24.6 Å². The van der Waals surface area contributed by atoms with Crippen molar-refractivity contribution in [2.24, 2.45) is 23.7 Å². The molecule has 3 N–H and O–H groups in total. The molecule has 2 bridgehead atoms. The van der Waals surface area contributed by atoms with E-state index >= 15 is 0 Å². The van der Waals surface area contributed by atoms with Crippen LogP contribution in [0.4, 0.5) is 5.69 Å². The van der Waals surface area contributed by atoms with Crippen molar-refractivity contribution in [2.45, 2.75) is 6.42 Å². The summed E-state index contributed by atoms with van der Waals surface area (Å²) < 4.78 is 0. The summed E-state index contributed by atoms with van der Waals surface area (Å²) in [5.41, 5.74) is 0.432. The van der Waals surface area contributed by atoms with Crippen LogP contribution in [0, 0.1) is 23.7 Å². The van der Waals surface area contributed by atoms with Crippen LogP contribution in [0.2, 0.25) is 0 Å². The summed E-state index contributed by atoms with van der Waals surface area (Å²) >= 11 is 0. The Bertz CT molecular complexity index is 681. The summed E-state index contributed by atoms with van der Waals surface area (Å²) in [5.74, 6) is -3.89. The number of nitrogens with one attached hydrogen (secondary N) is 1. The smallest absolute Gasteiger partial charge is 0.335 e. The number of allylic oxidation sites excluding steroid dienone is 2. The highest BCUT2D eigenvalue weighted by atomic mass is 16.4. The largest absolute Gasteiger partial charge is 0.481 e. The second-order valence-corrected chi connectivity index (χ2v) is 5.71. The molecule has 0 heterocycles. The van der Waals surface area contributed by atoms with Crippen molar-refractivity contribution in [3.8, 4) is 0 Å². The molecule has 1 aromatic carbocycles. The molecule has 1 amide bonds. The standard InChI is InChI=1S/C16H15NO5/c18-14(17-11-3-1-2-10(7-11)15(19)20)12-8-4-5-9(6-8)13(12)16(21)22/h1-5,7-9,12-13H,6H2,(H,17,18)(H,19,20)(H,21,22)/t8-,9+,12+,13-/m0/s1. The lowest BCUT2D eigenvalue weighted by Crippen LogP contribution is -2.36. The predicted octanol–water partition coefficient (Wildman–Crippen LogP) is 1.85. The summed E-state index contributed by atoms with van der Waals surface area (Å²) in [5, 5.41) is 21.0. The summed E-state index contributed by atoms with van der Waals surface area (Å²) in [6.45, 7) is 0. The van der Waals surface area contributed by atoms with Gasteiger partial charge in [-0.2, -0.15) is 0 Å². The molecule has 6 heteroatoms. The van der Waals surface area contributed by atoms with Gasteiger partial charge in [0, 0.05) is 5.69 Å². The number of hydrogen-bond acceptors (Lipinski definition) is 3. The highest BCUT2D eigenvalue weighted by Crippen LogP contribution is 2.48. The zero-order valence-electron chi connectivity index (χ0n) is 11.6. The first-order chi connectivity index (χ1) is 10.5. The maximum absolute atomic E-state index is 12.4. The molecule has 2 aliphatic carbocycles. The molecule has 1 fully saturated rings. The highest BCUT2D eigenvalue weighted by molar-refractivity contribution is 5.97. The normalized spacial score (nSPS) is 28.5. The average Bonchev–Trinajstić information content (AvgIpc) is 3.07. The fourth-order valence-corrected chi connectivity index (χ4v) is 3.47. The van der Waals surface area contributed by atoms with Crippen LogP contribution in [0.25, 0.3) is 0 Å². The highest BCUT2D eigenvalue weighted by Gasteiger charge is 2.51. The Kier molecular flexibility index (Phi) is 3.44. The van der Waals surface area contributed by atoms with E-state index in [1.165, 1.54) is 18.2 Å². The number of carbonyl (C=O) groups is 3. The molecule has 3 rings (SSSR count). The van der Waals surface area contributed by atoms with Gasteiger partial charge in [-0.1, -0.05) is 18.2 Å². The van der Waals surface area contributed by atoms with Crippen molar-refractivity contribution in [2.75, 3.05) is 5.32 Å². The van der Waals surface area contributed by atoms with Crippen LogP contribution >= 0.6 is 0 Å². The first kappa shape index (κ1) is 14.3. The van der Waals surface area contributed by atoms with Crippen LogP contribution in [0.3, 0.4) is 0 Å². The van der Waals surface area contributed by atoms with Crippen LogP contribution in [0.15, 0.2) is 36.4 Å². The number of carboxylic acids is 2. The number of carboxylic acid groups (broad SMARTS) is 2. The maximum atomic E-state index is 12.4. The van der Waals surface area contributed by atoms with Crippen molar-refractivity contribution in [1.82, 2.24) is 0 Å². The van der Waals surface area contributed by atoms with E-state index in [2.05, 4.69) is 5.32 Å². The van der Waals surface area contributed by atoms with E-state index in [1.807, 2.05) is 12.2 Å². The molecular weight excluding hydrogens is 286 g/mol. The summed E-state index contributed by atoms with van der Waals surface area (Å²) in [7, 11) is 0. The lowest BCUT2D eigenvalue weighted by molar-refractivity contribution is -0.146. The van der Waals surface area contributed by atoms with Gasteiger partial charge < -0.3 is 15.5 Å². The van der Waals surface area contributed by atoms with Gasteiger partial charge in [-0.3, -0.25) is 9.59 Å². The van der Waals surface area contributed by atoms with Gasteiger partial charge in [0.2, 0.25) is 5.91 Å². The Morgan fingerprint density at radius 3 is 2.36 bits per heavy atom. The topological polar surface area (TPSA) is 104 Å². The lowest BCUT2D eigenvalue weighted by Gasteiger charge is -2.23. The Labute approximate surface area is 126 Å². The molecule has 114 valence electrons. The summed E-state index contributed by atoms with van der Waals surface area (Å²) in [4.78, 5) is 34.8. The minimum absolute atomic E-state index is 0.0613. The first-order valence-corrected chi connectivity index (χ1v) is 7.02. The van der Waals surface area contributed by atoms with E-state index in [0.29, 0.717) is 12.1 Å². The van der Waals surface area contributed by atoms with E-state index in [1.54, 1.807) is 6.07 Å². The Hall–Kier alpha value is -2.63. The maximum Gasteiger partial charge on any atom is 0.335 e. The first-order valence-electron chi connectivity index (χ1n) is 7.02. The van der Waals surface area contributed by atoms with Gasteiger partial charge in [0.05, 0.1) is 17.4 Å². The van der Waals surface area contributed by atoms with Crippen LogP contribution in [0.1, 0.15) is 16.8 Å². The average molecular weight is 301 g/mol. The van der Waals surface area contributed by atoms with E-state index in [4.69, 9.17) is 5.11 Å². The predicted molar refractivity (Wildman–Crippen MR) is 77.4 cm³/mol. The minimum atomic E-state index is -1.08. The lowest BCUT2D eigenvalue weighted by atomic mass is 9.82. The number of aromatic carboxylic acids is 1. The quantitative estimate of drug-likeness (QED) is 0.736. The van der Waals surface area contributed by atoms with Crippen molar-refractivity contribution in [3.63, 3.8) is 0 Å². The molecule has 0 aromatic heterocycles. The molecule has 2 aliphatic rings. The second kappa shape index (κ2) is 5.29. The molecule has 0 saturated heterocycles. The van der Waals surface area contributed by atoms with Crippen molar-refractivity contribution in [1.29, 1.82) is 0 Å². The zero-order valence-corrected chi connectivity index (χ0v) is 11.6. The number of carbonyl (C=O) groups excluding carboxylic acids is 1. The van der Waals surface area contributed by atoms with Crippen LogP contribution < -0.4 is 5.32 Å². The van der Waals surface area contributed by atoms with E-state index < -0.39 is 23.8 Å². The van der Waals surface area contributed by atoms with E-state index in [-0.39, 0.29) is 23.3 Å². The number of fused-ring (bicyclic) bond motifs is 2. The molecular formula is C16H15NO5. The number of amides is 1. The van der Waals surface area contributed by atoms with Gasteiger partial charge in [-0.15, -0.1) is 0 Å². The van der Waals surface area contributed by atoms with Gasteiger partial charge >= 0.3 is 11.9 Å². The van der Waals surface area contributed by atoms with Gasteiger partial charge in [0.25, 0.3) is 0 Å². The number of rotatable bonds is 4. The SMILES string of the molecule is O=C(O)c1cccc(NC(=O)[C@H]2[C@@H](C(=O)O)[C@@H]3C=C[C@H]2C3)c1. The van der Waals surface area contributed by atoms with Gasteiger partial charge in [0.15, 0.2) is 0 Å². The molecule has 0 aliphatic heterocycles. The van der Waals surface area contributed by atoms with Crippen LogP contribution in [-0.2, 0) is 9.59 Å². The van der Waals surface area contributed by atoms with Crippen molar-refractivity contribution >= 4 is 23.5 Å². The Morgan fingerprint density at radius 1 is 1.05 bits per heavy atom. The third kappa shape index (κ3) is 2.36. The molecule has 4 atom stereocenters. The van der Waals surface area contributed by atoms with Gasteiger partial charge in [-0.05, 0) is 36.5 Å². The summed E-state index contributed by atoms with van der Waals surface area (Å²) in [6, 6.07) is 5.91. The molecule has 1 aromatic rings. The molecule has 0 radical (unpaired) electrons. The Balaban J connectivity index is 1.80. The van der Waals surface area contributed by atoms with Gasteiger partial charge in [-0.25, -0.2) is 4.79 Å². The molecule has 1 saturated carbocycles. The molecule has 22 heavy (non-hydrogen) atoms. The monoisotopic (exact) mass is 301 g/mol. The number of benzene rings is 1. The van der Waals surface area contributed by atoms with E-state index in [0.717, 1.165) is 0 Å². The van der Waals surface area contributed by atoms with Gasteiger partial charge in [0.1, 0.15) is 0 Å². The fourth-order valence-electron chi connectivity index (χ4n) is 3.47. The number of hydrogen-bond donors (Lipinski definition) is 3. The van der Waals surface area contributed by atoms with Crippen molar-refractivity contribution in [3.05, 3.63) is 42.0 Å². The molecule has 6 nitrogen and oxygen atoms in total. The Morgan fingerprint density at radius 2 is 1.73 bits per heavy atom. The molecule has 0 spiro atoms. The fraction of sp³-hybridized carbons (Fsp3) is 0.312. The van der Waals surface area contributed by atoms with Crippen LogP contribution in [-0.4, -0.2) is 28.1 Å². The van der Waals surface area contributed by atoms with Crippen LogP contribution in [0.5, 0.6) is 0 Å².